The van der Waals surface area contributed by atoms with Crippen molar-refractivity contribution in [2.24, 2.45) is 17.6 Å². The Morgan fingerprint density at radius 2 is 1.73 bits per heavy atom. The van der Waals surface area contributed by atoms with E-state index in [0.717, 1.165) is 30.4 Å². The van der Waals surface area contributed by atoms with Gasteiger partial charge >= 0.3 is 18.2 Å². The molecule has 1 aromatic rings. The van der Waals surface area contributed by atoms with E-state index in [4.69, 9.17) is 29.8 Å². The molecule has 4 rings (SSSR count). The number of alkyl carbamates (subject to hydrolysis) is 1. The van der Waals surface area contributed by atoms with Crippen LogP contribution in [0.2, 0.25) is 0 Å². The van der Waals surface area contributed by atoms with Gasteiger partial charge in [0.05, 0.1) is 26.7 Å². The molecular weight excluding hydrogens is 636 g/mol. The number of likely N-dealkylation sites (tertiary alicyclic amines) is 1. The van der Waals surface area contributed by atoms with Gasteiger partial charge in [0.25, 0.3) is 0 Å². The molecule has 3 aliphatic rings. The fourth-order valence-electron chi connectivity index (χ4n) is 6.33. The number of benzene rings is 1. The van der Waals surface area contributed by atoms with Gasteiger partial charge in [-0.15, -0.1) is 0 Å². The normalized spacial score (nSPS) is 22.2. The molecule has 1 saturated heterocycles. The molecule has 5 atom stereocenters. The van der Waals surface area contributed by atoms with E-state index in [9.17, 15) is 24.0 Å². The van der Waals surface area contributed by atoms with E-state index >= 15 is 0 Å². The van der Waals surface area contributed by atoms with Crippen LogP contribution in [0.15, 0.2) is 24.3 Å². The van der Waals surface area contributed by atoms with Crippen molar-refractivity contribution in [2.45, 2.75) is 102 Å². The number of allylic oxidation sites excluding steroid dienone is 2. The number of carboxylic acid groups (broad SMARTS) is 1. The summed E-state index contributed by atoms with van der Waals surface area (Å²) < 4.78 is 22.0. The maximum absolute atomic E-state index is 13.9. The average molecular weight is 687 g/mol. The van der Waals surface area contributed by atoms with Crippen molar-refractivity contribution in [1.82, 2.24) is 15.1 Å². The first-order chi connectivity index (χ1) is 23.2. The number of unbranched alkanes of at least 4 members (excludes halogenated alkanes) is 3. The Hall–Kier alpha value is -4.49. The lowest BCUT2D eigenvalue weighted by Gasteiger charge is -2.30. The monoisotopic (exact) mass is 686 g/mol. The summed E-state index contributed by atoms with van der Waals surface area (Å²) in [5.41, 5.74) is 6.87. The van der Waals surface area contributed by atoms with Crippen LogP contribution in [0.4, 0.5) is 9.59 Å². The summed E-state index contributed by atoms with van der Waals surface area (Å²) in [4.78, 5) is 66.3. The van der Waals surface area contributed by atoms with Crippen molar-refractivity contribution < 1.29 is 48.0 Å². The van der Waals surface area contributed by atoms with Gasteiger partial charge in [0, 0.05) is 19.5 Å². The maximum Gasteiger partial charge on any atom is 0.410 e. The summed E-state index contributed by atoms with van der Waals surface area (Å²) in [6, 6.07) is 1.73. The average Bonchev–Trinajstić information content (AvgIpc) is 3.71. The molecule has 4 amide bonds. The predicted octanol–water partition coefficient (Wildman–Crippen LogP) is 3.77. The van der Waals surface area contributed by atoms with Crippen LogP contribution in [0.5, 0.6) is 11.5 Å². The molecule has 0 bridgehead atoms. The Bertz CT molecular complexity index is 1420. The molecule has 0 unspecified atom stereocenters. The van der Waals surface area contributed by atoms with E-state index in [1.807, 2.05) is 24.3 Å². The lowest BCUT2D eigenvalue weighted by atomic mass is 9.99. The Labute approximate surface area is 287 Å². The lowest BCUT2D eigenvalue weighted by Crippen LogP contribution is -2.53. The van der Waals surface area contributed by atoms with Gasteiger partial charge in [-0.25, -0.2) is 9.59 Å². The second-order valence-corrected chi connectivity index (χ2v) is 13.9. The van der Waals surface area contributed by atoms with Crippen LogP contribution in [0, 0.1) is 11.8 Å². The van der Waals surface area contributed by atoms with Gasteiger partial charge in [-0.3, -0.25) is 14.4 Å². The zero-order chi connectivity index (χ0) is 35.9. The summed E-state index contributed by atoms with van der Waals surface area (Å²) in [6.07, 6.45) is 6.38. The standard InChI is InChI=1S/C35H50N4O10/c1-35(2,3)49-33(44)37-26(12-10-8-6-7-9-11-22-15-25(22)32(42)43)31(41)39-20-24(18-27(39)30(36)40)48-34(45)38-14-13-21-16-28(46-4)29(47-5)17-23(21)19-38/h9,11,16-17,22,24-27H,6-8,10,12-15,18-20H2,1-5H3,(H2,36,40)(H,37,44)(H,42,43)/b11-9-/t22-,24-,25+,26+,27+/m1/s1. The molecule has 1 saturated carbocycles. The minimum atomic E-state index is -1.02. The molecule has 0 spiro atoms. The van der Waals surface area contributed by atoms with Crippen LogP contribution < -0.4 is 20.5 Å². The molecule has 2 fully saturated rings. The van der Waals surface area contributed by atoms with Gasteiger partial charge in [0.2, 0.25) is 11.8 Å². The van der Waals surface area contributed by atoms with Crippen LogP contribution in [-0.2, 0) is 36.8 Å². The van der Waals surface area contributed by atoms with Crippen molar-refractivity contribution in [2.75, 3.05) is 27.3 Å². The number of carbonyl (C=O) groups is 5. The quantitative estimate of drug-likeness (QED) is 0.192. The van der Waals surface area contributed by atoms with Crippen LogP contribution in [0.25, 0.3) is 0 Å². The Morgan fingerprint density at radius 1 is 1.04 bits per heavy atom. The molecule has 49 heavy (non-hydrogen) atoms. The number of hydrogen-bond acceptors (Lipinski definition) is 9. The number of nitrogens with two attached hydrogens (primary N) is 1. The summed E-state index contributed by atoms with van der Waals surface area (Å²) in [5.74, 6) is -1.01. The van der Waals surface area contributed by atoms with Crippen LogP contribution in [0.3, 0.4) is 0 Å². The third kappa shape index (κ3) is 10.3. The van der Waals surface area contributed by atoms with E-state index in [-0.39, 0.29) is 24.8 Å². The Kier molecular flexibility index (Phi) is 12.4. The first-order valence-corrected chi connectivity index (χ1v) is 16.9. The number of carbonyl (C=O) groups excluding carboxylic acids is 4. The zero-order valence-electron chi connectivity index (χ0n) is 29.1. The van der Waals surface area contributed by atoms with Crippen LogP contribution >= 0.6 is 0 Å². The molecular formula is C35H50N4O10. The SMILES string of the molecule is COc1cc2c(cc1OC)CN(C(=O)O[C@@H]1C[C@@H](C(N)=O)N(C(=O)[C@H](CCCCC/C=C\[C@@H]3C[C@@H]3C(=O)O)NC(=O)OC(C)(C)C)C1)CC2. The number of fused-ring (bicyclic) bond motifs is 1. The minimum absolute atomic E-state index is 0.0392. The van der Waals surface area contributed by atoms with Crippen molar-refractivity contribution >= 4 is 30.0 Å². The maximum atomic E-state index is 13.9. The van der Waals surface area contributed by atoms with Crippen LogP contribution in [0.1, 0.15) is 76.8 Å². The number of methoxy groups -OCH3 is 2. The van der Waals surface area contributed by atoms with E-state index in [1.165, 1.54) is 4.90 Å². The van der Waals surface area contributed by atoms with Gasteiger partial charge in [0.15, 0.2) is 11.5 Å². The highest BCUT2D eigenvalue weighted by Gasteiger charge is 2.44. The molecule has 2 aliphatic heterocycles. The van der Waals surface area contributed by atoms with Crippen LogP contribution in [-0.4, -0.2) is 96.0 Å². The molecule has 14 nitrogen and oxygen atoms in total. The predicted molar refractivity (Wildman–Crippen MR) is 178 cm³/mol. The summed E-state index contributed by atoms with van der Waals surface area (Å²) >= 11 is 0. The number of amides is 4. The first kappa shape index (κ1) is 37.3. The third-order valence-electron chi connectivity index (χ3n) is 9.01. The van der Waals surface area contributed by atoms with Crippen molar-refractivity contribution in [3.8, 4) is 11.5 Å². The molecule has 14 heteroatoms. The highest BCUT2D eigenvalue weighted by atomic mass is 16.6. The van der Waals surface area contributed by atoms with E-state index in [1.54, 1.807) is 39.9 Å². The van der Waals surface area contributed by atoms with Crippen molar-refractivity contribution in [3.63, 3.8) is 0 Å². The highest BCUT2D eigenvalue weighted by Crippen LogP contribution is 2.40. The van der Waals surface area contributed by atoms with E-state index in [2.05, 4.69) is 5.32 Å². The van der Waals surface area contributed by atoms with Gasteiger partial charge in [0.1, 0.15) is 23.8 Å². The fraction of sp³-hybridized carbons (Fsp3) is 0.629. The second-order valence-electron chi connectivity index (χ2n) is 13.9. The molecule has 0 aromatic heterocycles. The number of carboxylic acids is 1. The third-order valence-corrected chi connectivity index (χ3v) is 9.01. The summed E-state index contributed by atoms with van der Waals surface area (Å²) in [6.45, 7) is 5.81. The van der Waals surface area contributed by atoms with Gasteiger partial charge < -0.3 is 44.9 Å². The zero-order valence-corrected chi connectivity index (χ0v) is 29.1. The number of primary amides is 1. The van der Waals surface area contributed by atoms with E-state index in [0.29, 0.717) is 50.3 Å². The van der Waals surface area contributed by atoms with Gasteiger partial charge in [-0.2, -0.15) is 0 Å². The van der Waals surface area contributed by atoms with E-state index < -0.39 is 53.8 Å². The largest absolute Gasteiger partial charge is 0.493 e. The number of ether oxygens (including phenoxy) is 4. The molecule has 270 valence electrons. The highest BCUT2D eigenvalue weighted by molar-refractivity contribution is 5.91. The smallest absolute Gasteiger partial charge is 0.410 e. The topological polar surface area (TPSA) is 187 Å². The fourth-order valence-corrected chi connectivity index (χ4v) is 6.33. The molecule has 0 radical (unpaired) electrons. The Morgan fingerprint density at radius 3 is 2.35 bits per heavy atom. The second kappa shape index (κ2) is 16.3. The van der Waals surface area contributed by atoms with Gasteiger partial charge in [-0.05, 0) is 82.1 Å². The molecule has 1 aromatic carbocycles. The lowest BCUT2D eigenvalue weighted by molar-refractivity contribution is -0.139. The number of rotatable bonds is 14. The van der Waals surface area contributed by atoms with Gasteiger partial charge in [-0.1, -0.05) is 25.0 Å². The minimum Gasteiger partial charge on any atom is -0.493 e. The number of aliphatic carboxylic acids is 1. The number of nitrogens with one attached hydrogen (secondary N) is 1. The number of hydrogen-bond donors (Lipinski definition) is 3. The number of nitrogens with zero attached hydrogens (tertiary/aromatic N) is 2. The Balaban J connectivity index is 1.36. The summed E-state index contributed by atoms with van der Waals surface area (Å²) in [7, 11) is 3.11. The molecule has 2 heterocycles. The molecule has 1 aliphatic carbocycles. The first-order valence-electron chi connectivity index (χ1n) is 16.9. The van der Waals surface area contributed by atoms with Crippen molar-refractivity contribution in [1.29, 1.82) is 0 Å². The summed E-state index contributed by atoms with van der Waals surface area (Å²) in [5, 5.41) is 11.7. The van der Waals surface area contributed by atoms with Crippen molar-refractivity contribution in [3.05, 3.63) is 35.4 Å². The molecule has 4 N–H and O–H groups in total.